The lowest BCUT2D eigenvalue weighted by Crippen LogP contribution is -2.32. The molecule has 70 heavy (non-hydrogen) atoms. The molecule has 4 aromatic heterocycles. The van der Waals surface area contributed by atoms with E-state index in [9.17, 15) is 0 Å². The van der Waals surface area contributed by atoms with Gasteiger partial charge >= 0.3 is 0 Å². The number of thiophene rings is 3. The first-order chi connectivity index (χ1) is 34.6. The van der Waals surface area contributed by atoms with E-state index in [1.54, 1.807) is 54.5 Å². The van der Waals surface area contributed by atoms with E-state index < -0.39 is 0 Å². The largest absolute Gasteiger partial charge is 0.172 e. The van der Waals surface area contributed by atoms with Gasteiger partial charge in [-0.3, -0.25) is 0 Å². The van der Waals surface area contributed by atoms with Gasteiger partial charge < -0.3 is 0 Å². The first-order valence-corrected chi connectivity index (χ1v) is 31.6. The van der Waals surface area contributed by atoms with E-state index >= 15 is 0 Å². The Kier molecular flexibility index (Phi) is 18.4. The van der Waals surface area contributed by atoms with Gasteiger partial charge in [0.1, 0.15) is 11.0 Å². The van der Waals surface area contributed by atoms with Crippen LogP contribution < -0.4 is 0 Å². The molecule has 0 spiro atoms. The average molecular weight is 1010 g/mol. The number of hydrogen-bond donors (Lipinski definition) is 0. The second-order valence-corrected chi connectivity index (χ2v) is 24.9. The van der Waals surface area contributed by atoms with Crippen molar-refractivity contribution in [1.82, 2.24) is 8.75 Å². The van der Waals surface area contributed by atoms with Crippen LogP contribution >= 0.6 is 45.7 Å². The highest BCUT2D eigenvalue weighted by atomic mass is 32.1. The lowest BCUT2D eigenvalue weighted by atomic mass is 9.63. The molecule has 0 N–H and O–H groups in total. The van der Waals surface area contributed by atoms with Gasteiger partial charge in [-0.1, -0.05) is 236 Å². The third kappa shape index (κ3) is 10.8. The van der Waals surface area contributed by atoms with Crippen LogP contribution in [-0.4, -0.2) is 8.75 Å². The van der Waals surface area contributed by atoms with Crippen molar-refractivity contribution in [2.75, 3.05) is 0 Å². The van der Waals surface area contributed by atoms with Crippen LogP contribution in [0.2, 0.25) is 0 Å². The van der Waals surface area contributed by atoms with Crippen molar-refractivity contribution in [3.63, 3.8) is 0 Å². The Labute approximate surface area is 439 Å². The lowest BCUT2D eigenvalue weighted by molar-refractivity contribution is 0.369. The molecule has 0 saturated carbocycles. The van der Waals surface area contributed by atoms with Gasteiger partial charge in [-0.25, -0.2) is 0 Å². The summed E-state index contributed by atoms with van der Waals surface area (Å²) in [4.78, 5) is 7.16. The molecule has 2 aliphatic rings. The van der Waals surface area contributed by atoms with Gasteiger partial charge in [0.15, 0.2) is 0 Å². The third-order valence-corrected chi connectivity index (χ3v) is 20.4. The fourth-order valence-corrected chi connectivity index (χ4v) is 16.8. The minimum Gasteiger partial charge on any atom is -0.172 e. The summed E-state index contributed by atoms with van der Waals surface area (Å²) in [6.45, 7) is 9.43. The van der Waals surface area contributed by atoms with Crippen LogP contribution in [0.4, 0.5) is 0 Å². The van der Waals surface area contributed by atoms with Crippen LogP contribution in [0.15, 0.2) is 84.2 Å². The Morgan fingerprint density at radius 1 is 0.386 bits per heavy atom. The molecular formula is C64H82N2S4. The van der Waals surface area contributed by atoms with Crippen LogP contribution in [0.3, 0.4) is 0 Å². The predicted octanol–water partition coefficient (Wildman–Crippen LogP) is 22.4. The molecule has 0 aliphatic heterocycles. The van der Waals surface area contributed by atoms with Crippen LogP contribution in [0, 0.1) is 0 Å². The molecule has 0 radical (unpaired) electrons. The third-order valence-electron chi connectivity index (χ3n) is 16.5. The Morgan fingerprint density at radius 2 is 0.843 bits per heavy atom. The molecule has 4 heterocycles. The smallest absolute Gasteiger partial charge is 0.114 e. The van der Waals surface area contributed by atoms with E-state index in [-0.39, 0.29) is 10.8 Å². The highest BCUT2D eigenvalue weighted by Crippen LogP contribution is 2.68. The minimum absolute atomic E-state index is 0.0198. The summed E-state index contributed by atoms with van der Waals surface area (Å²) in [5, 5.41) is 2.15. The standard InChI is InChI=1S/C64H82N2S4/c1-5-9-13-17-21-27-41-63(42-28-22-18-14-10-6-2)52-33-26-25-32-48(52)61-57(63)58-62(69-61)49-36-35-47(46-53(49)64(58,43-29-23-19-15-11-7-3)44-30-24-20-16-12-8-4)54-39-40-56(68-54)51-38-37-50(55-34-31-45-67-55)59-60(51)66-70-65-59/h25-26,31-40,45-46H,5-24,27-30,41-44H2,1-4H3. The zero-order valence-corrected chi connectivity index (χ0v) is 46.7. The van der Waals surface area contributed by atoms with E-state index in [0.717, 1.165) is 11.0 Å². The van der Waals surface area contributed by atoms with Crippen molar-refractivity contribution in [2.45, 2.75) is 218 Å². The zero-order valence-electron chi connectivity index (χ0n) is 43.4. The number of nitrogens with zero attached hydrogens (tertiary/aromatic N) is 2. The van der Waals surface area contributed by atoms with Gasteiger partial charge in [0.2, 0.25) is 0 Å². The van der Waals surface area contributed by atoms with Gasteiger partial charge in [0.25, 0.3) is 0 Å². The number of fused-ring (bicyclic) bond motifs is 8. The summed E-state index contributed by atoms with van der Waals surface area (Å²) in [5.41, 5.74) is 16.0. The highest BCUT2D eigenvalue weighted by molar-refractivity contribution is 7.20. The van der Waals surface area contributed by atoms with Crippen molar-refractivity contribution in [3.8, 4) is 52.2 Å². The van der Waals surface area contributed by atoms with Gasteiger partial charge in [0, 0.05) is 46.3 Å². The maximum atomic E-state index is 4.90. The van der Waals surface area contributed by atoms with E-state index in [2.05, 4.69) is 123 Å². The number of hydrogen-bond acceptors (Lipinski definition) is 6. The fraction of sp³-hybridized carbons (Fsp3) is 0.531. The summed E-state index contributed by atoms with van der Waals surface area (Å²) in [6.07, 6.45) is 37.5. The van der Waals surface area contributed by atoms with E-state index in [0.29, 0.717) is 0 Å². The van der Waals surface area contributed by atoms with Crippen molar-refractivity contribution >= 4 is 56.8 Å². The van der Waals surface area contributed by atoms with E-state index in [1.807, 2.05) is 11.3 Å². The summed E-state index contributed by atoms with van der Waals surface area (Å²) < 4.78 is 9.74. The first kappa shape index (κ1) is 51.5. The van der Waals surface area contributed by atoms with Crippen LogP contribution in [0.25, 0.3) is 63.2 Å². The van der Waals surface area contributed by atoms with Gasteiger partial charge in [-0.05, 0) is 94.3 Å². The summed E-state index contributed by atoms with van der Waals surface area (Å²) >= 11 is 7.25. The molecule has 6 heteroatoms. The van der Waals surface area contributed by atoms with Gasteiger partial charge in [-0.2, -0.15) is 8.75 Å². The summed E-state index contributed by atoms with van der Waals surface area (Å²) in [5.74, 6) is 0. The zero-order chi connectivity index (χ0) is 48.2. The Hall–Kier alpha value is -3.42. The second-order valence-electron chi connectivity index (χ2n) is 21.3. The molecule has 0 bridgehead atoms. The Morgan fingerprint density at radius 3 is 1.37 bits per heavy atom. The molecule has 9 rings (SSSR count). The van der Waals surface area contributed by atoms with Crippen molar-refractivity contribution < 1.29 is 0 Å². The fourth-order valence-electron chi connectivity index (χ4n) is 12.8. The van der Waals surface area contributed by atoms with E-state index in [4.69, 9.17) is 8.75 Å². The van der Waals surface area contributed by atoms with Crippen molar-refractivity contribution in [2.24, 2.45) is 0 Å². The number of rotatable bonds is 31. The van der Waals surface area contributed by atoms with Crippen molar-refractivity contribution in [3.05, 3.63) is 106 Å². The monoisotopic (exact) mass is 1010 g/mol. The first-order valence-electron chi connectivity index (χ1n) is 28.4. The van der Waals surface area contributed by atoms with Crippen LogP contribution in [0.5, 0.6) is 0 Å². The molecule has 0 saturated heterocycles. The minimum atomic E-state index is 0.0198. The summed E-state index contributed by atoms with van der Waals surface area (Å²) in [6, 6.07) is 31.3. The van der Waals surface area contributed by atoms with Gasteiger partial charge in [-0.15, -0.1) is 34.0 Å². The molecule has 3 aromatic carbocycles. The highest BCUT2D eigenvalue weighted by Gasteiger charge is 2.53. The van der Waals surface area contributed by atoms with E-state index in [1.165, 1.54) is 223 Å². The molecule has 2 aliphatic carbocycles. The molecule has 372 valence electrons. The SMILES string of the molecule is CCCCCCCCC1(CCCCCCCC)c2ccccc2-c2sc3c(c21)C(CCCCCCCC)(CCCCCCCC)c1cc(-c2ccc(-c4ccc(-c5cccs5)c5nsnc45)s2)ccc1-3. The molecule has 7 aromatic rings. The molecular weight excluding hydrogens is 925 g/mol. The molecule has 0 fully saturated rings. The number of unbranched alkanes of at least 4 members (excludes halogenated alkanes) is 20. The number of aromatic nitrogens is 2. The molecule has 2 nitrogen and oxygen atoms in total. The lowest BCUT2D eigenvalue weighted by Gasteiger charge is -2.39. The average Bonchev–Trinajstić information content (AvgIpc) is 4.27. The van der Waals surface area contributed by atoms with Crippen LogP contribution in [-0.2, 0) is 10.8 Å². The quantitative estimate of drug-likeness (QED) is 0.0405. The molecule has 0 atom stereocenters. The topological polar surface area (TPSA) is 25.8 Å². The number of benzene rings is 3. The Bertz CT molecular complexity index is 2680. The second kappa shape index (κ2) is 25.0. The van der Waals surface area contributed by atoms with Gasteiger partial charge in [0.05, 0.1) is 11.7 Å². The normalized spacial score (nSPS) is 14.1. The predicted molar refractivity (Wildman–Crippen MR) is 312 cm³/mol. The molecule has 0 amide bonds. The molecule has 0 unspecified atom stereocenters. The maximum absolute atomic E-state index is 4.90. The maximum Gasteiger partial charge on any atom is 0.114 e. The Balaban J connectivity index is 1.15. The van der Waals surface area contributed by atoms with Crippen LogP contribution in [0.1, 0.15) is 230 Å². The summed E-state index contributed by atoms with van der Waals surface area (Å²) in [7, 11) is 0. The van der Waals surface area contributed by atoms with Crippen molar-refractivity contribution in [1.29, 1.82) is 0 Å².